The maximum Gasteiger partial charge on any atom is 0.191 e. The number of thiazole rings is 1. The first kappa shape index (κ1) is 22.2. The first-order chi connectivity index (χ1) is 13.6. The van der Waals surface area contributed by atoms with Gasteiger partial charge in [-0.25, -0.2) is 9.98 Å². The van der Waals surface area contributed by atoms with E-state index < -0.39 is 0 Å². The zero-order valence-electron chi connectivity index (χ0n) is 17.3. The Labute approximate surface area is 172 Å². The molecular formula is C21H32N4O2S. The van der Waals surface area contributed by atoms with Crippen LogP contribution in [0.5, 0.6) is 5.75 Å². The number of rotatable bonds is 11. The molecule has 154 valence electrons. The van der Waals surface area contributed by atoms with Gasteiger partial charge in [0.1, 0.15) is 10.8 Å². The lowest BCUT2D eigenvalue weighted by atomic mass is 10.2. The summed E-state index contributed by atoms with van der Waals surface area (Å²) in [5.74, 6) is 2.11. The van der Waals surface area contributed by atoms with Crippen molar-refractivity contribution in [1.29, 1.82) is 0 Å². The number of aliphatic imine (C=N–C) groups is 1. The van der Waals surface area contributed by atoms with Crippen LogP contribution < -0.4 is 15.4 Å². The number of aromatic nitrogens is 1. The molecule has 6 nitrogen and oxygen atoms in total. The van der Waals surface area contributed by atoms with Crippen molar-refractivity contribution in [1.82, 2.24) is 15.6 Å². The lowest BCUT2D eigenvalue weighted by Crippen LogP contribution is -2.36. The molecule has 0 saturated carbocycles. The fourth-order valence-corrected chi connectivity index (χ4v) is 3.37. The molecular weight excluding hydrogens is 372 g/mol. The Hall–Kier alpha value is -2.12. The average Bonchev–Trinajstić information content (AvgIpc) is 3.17. The minimum absolute atomic E-state index is 0.455. The summed E-state index contributed by atoms with van der Waals surface area (Å²) in [5.41, 5.74) is 2.25. The zero-order valence-corrected chi connectivity index (χ0v) is 18.1. The quantitative estimate of drug-likeness (QED) is 0.337. The van der Waals surface area contributed by atoms with Crippen molar-refractivity contribution in [3.05, 3.63) is 45.9 Å². The summed E-state index contributed by atoms with van der Waals surface area (Å²) in [5, 5.41) is 9.85. The minimum atomic E-state index is 0.455. The van der Waals surface area contributed by atoms with E-state index in [1.165, 1.54) is 0 Å². The van der Waals surface area contributed by atoms with Gasteiger partial charge in [-0.1, -0.05) is 26.0 Å². The van der Waals surface area contributed by atoms with Crippen LogP contribution in [-0.4, -0.2) is 37.8 Å². The Kier molecular flexibility index (Phi) is 9.79. The molecule has 0 aliphatic rings. The van der Waals surface area contributed by atoms with Gasteiger partial charge in [0.2, 0.25) is 0 Å². The van der Waals surface area contributed by atoms with E-state index in [9.17, 15) is 0 Å². The molecule has 2 rings (SSSR count). The van der Waals surface area contributed by atoms with Crippen LogP contribution in [0.2, 0.25) is 0 Å². The molecule has 2 aromatic rings. The van der Waals surface area contributed by atoms with Crippen LogP contribution in [0, 0.1) is 0 Å². The Morgan fingerprint density at radius 3 is 2.82 bits per heavy atom. The molecule has 28 heavy (non-hydrogen) atoms. The van der Waals surface area contributed by atoms with Crippen LogP contribution in [0.25, 0.3) is 0 Å². The fourth-order valence-electron chi connectivity index (χ4n) is 2.47. The van der Waals surface area contributed by atoms with Gasteiger partial charge in [-0.15, -0.1) is 11.3 Å². The Morgan fingerprint density at radius 1 is 1.25 bits per heavy atom. The number of benzene rings is 1. The summed E-state index contributed by atoms with van der Waals surface area (Å²) < 4.78 is 10.8. The Bertz CT molecular complexity index is 731. The van der Waals surface area contributed by atoms with E-state index in [1.54, 1.807) is 18.4 Å². The van der Waals surface area contributed by atoms with Crippen LogP contribution in [0.3, 0.4) is 0 Å². The monoisotopic (exact) mass is 404 g/mol. The predicted octanol–water partition coefficient (Wildman–Crippen LogP) is 3.94. The van der Waals surface area contributed by atoms with Gasteiger partial charge in [0.25, 0.3) is 0 Å². The summed E-state index contributed by atoms with van der Waals surface area (Å²) in [6.07, 6.45) is 0.878. The van der Waals surface area contributed by atoms with Crippen LogP contribution in [0.15, 0.2) is 34.6 Å². The third-order valence-electron chi connectivity index (χ3n) is 3.99. The molecule has 0 aliphatic heterocycles. The third kappa shape index (κ3) is 7.86. The fraction of sp³-hybridized carbons (Fsp3) is 0.524. The highest BCUT2D eigenvalue weighted by atomic mass is 32.1. The van der Waals surface area contributed by atoms with Crippen molar-refractivity contribution in [2.45, 2.75) is 46.2 Å². The first-order valence-corrected chi connectivity index (χ1v) is 10.7. The van der Waals surface area contributed by atoms with Crippen molar-refractivity contribution in [2.24, 2.45) is 4.99 Å². The molecule has 7 heteroatoms. The topological polar surface area (TPSA) is 67.8 Å². The van der Waals surface area contributed by atoms with E-state index in [1.807, 2.05) is 18.2 Å². The van der Waals surface area contributed by atoms with Crippen molar-refractivity contribution in [3.63, 3.8) is 0 Å². The van der Waals surface area contributed by atoms with Crippen LogP contribution in [0.4, 0.5) is 0 Å². The van der Waals surface area contributed by atoms with Crippen LogP contribution in [0.1, 0.15) is 49.4 Å². The highest BCUT2D eigenvalue weighted by Crippen LogP contribution is 2.17. The zero-order chi connectivity index (χ0) is 20.2. The highest BCUT2D eigenvalue weighted by Gasteiger charge is 2.06. The smallest absolute Gasteiger partial charge is 0.191 e. The van der Waals surface area contributed by atoms with E-state index in [-0.39, 0.29) is 0 Å². The molecule has 0 aliphatic carbocycles. The SMILES string of the molecule is CCNC(=NCc1cccc(OCCCOC)c1)NCc1nc(C(C)C)cs1. The molecule has 0 spiro atoms. The highest BCUT2D eigenvalue weighted by molar-refractivity contribution is 7.09. The van der Waals surface area contributed by atoms with Gasteiger partial charge in [0.15, 0.2) is 5.96 Å². The number of hydrogen-bond donors (Lipinski definition) is 2. The standard InChI is InChI=1S/C21H32N4O2S/c1-5-22-21(24-14-20-25-19(15-28-20)16(2)3)23-13-17-8-6-9-18(12-17)27-11-7-10-26-4/h6,8-9,12,15-16H,5,7,10-11,13-14H2,1-4H3,(H2,22,23,24). The van der Waals surface area contributed by atoms with Gasteiger partial charge in [-0.2, -0.15) is 0 Å². The summed E-state index contributed by atoms with van der Waals surface area (Å²) in [6, 6.07) is 8.07. The Morgan fingerprint density at radius 2 is 2.11 bits per heavy atom. The van der Waals surface area contributed by atoms with Gasteiger partial charge in [-0.3, -0.25) is 0 Å². The summed E-state index contributed by atoms with van der Waals surface area (Å²) in [7, 11) is 1.70. The maximum atomic E-state index is 5.76. The van der Waals surface area contributed by atoms with Crippen molar-refractivity contribution in [3.8, 4) is 5.75 Å². The lowest BCUT2D eigenvalue weighted by molar-refractivity contribution is 0.172. The van der Waals surface area contributed by atoms with Gasteiger partial charge in [0, 0.05) is 32.1 Å². The second-order valence-electron chi connectivity index (χ2n) is 6.71. The molecule has 2 N–H and O–H groups in total. The van der Waals surface area contributed by atoms with Crippen molar-refractivity contribution < 1.29 is 9.47 Å². The first-order valence-electron chi connectivity index (χ1n) is 9.79. The number of hydrogen-bond acceptors (Lipinski definition) is 5. The molecule has 0 unspecified atom stereocenters. The summed E-state index contributed by atoms with van der Waals surface area (Å²) in [4.78, 5) is 9.35. The van der Waals surface area contributed by atoms with Crippen LogP contribution >= 0.6 is 11.3 Å². The van der Waals surface area contributed by atoms with Crippen molar-refractivity contribution >= 4 is 17.3 Å². The number of nitrogens with one attached hydrogen (secondary N) is 2. The molecule has 1 aromatic carbocycles. The van der Waals surface area contributed by atoms with Crippen molar-refractivity contribution in [2.75, 3.05) is 26.9 Å². The number of nitrogens with zero attached hydrogens (tertiary/aromatic N) is 2. The molecule has 0 radical (unpaired) electrons. The van der Waals surface area contributed by atoms with Crippen LogP contribution in [-0.2, 0) is 17.8 Å². The number of methoxy groups -OCH3 is 1. The van der Waals surface area contributed by atoms with Gasteiger partial charge in [0.05, 0.1) is 25.4 Å². The molecule has 1 heterocycles. The maximum absolute atomic E-state index is 5.76. The second-order valence-corrected chi connectivity index (χ2v) is 7.65. The molecule has 0 fully saturated rings. The normalized spacial score (nSPS) is 11.7. The van der Waals surface area contributed by atoms with Gasteiger partial charge in [-0.05, 0) is 30.5 Å². The summed E-state index contributed by atoms with van der Waals surface area (Å²) >= 11 is 1.68. The molecule has 1 aromatic heterocycles. The molecule has 0 saturated heterocycles. The van der Waals surface area contributed by atoms with E-state index >= 15 is 0 Å². The molecule has 0 amide bonds. The van der Waals surface area contributed by atoms with E-state index in [0.717, 1.165) is 40.9 Å². The molecule has 0 bridgehead atoms. The van der Waals surface area contributed by atoms with Gasteiger partial charge < -0.3 is 20.1 Å². The number of guanidine groups is 1. The number of ether oxygens (including phenoxy) is 2. The minimum Gasteiger partial charge on any atom is -0.493 e. The second kappa shape index (κ2) is 12.4. The van der Waals surface area contributed by atoms with E-state index in [2.05, 4.69) is 52.8 Å². The molecule has 0 atom stereocenters. The third-order valence-corrected chi connectivity index (χ3v) is 4.86. The van der Waals surface area contributed by atoms with E-state index in [0.29, 0.717) is 32.2 Å². The Balaban J connectivity index is 1.90. The van der Waals surface area contributed by atoms with Gasteiger partial charge >= 0.3 is 0 Å². The lowest BCUT2D eigenvalue weighted by Gasteiger charge is -2.11. The average molecular weight is 405 g/mol. The largest absolute Gasteiger partial charge is 0.493 e. The predicted molar refractivity (Wildman–Crippen MR) is 116 cm³/mol. The summed E-state index contributed by atoms with van der Waals surface area (Å²) in [6.45, 7) is 9.80. The van der Waals surface area contributed by atoms with E-state index in [4.69, 9.17) is 9.47 Å².